The second-order valence-corrected chi connectivity index (χ2v) is 4.98. The lowest BCUT2D eigenvalue weighted by molar-refractivity contribution is 0.632. The molecule has 2 aromatic heterocycles. The summed E-state index contributed by atoms with van der Waals surface area (Å²) in [5.41, 5.74) is 7.27. The van der Waals surface area contributed by atoms with E-state index < -0.39 is 0 Å². The molecule has 0 fully saturated rings. The first-order valence-corrected chi connectivity index (χ1v) is 6.34. The Morgan fingerprint density at radius 3 is 2.94 bits per heavy atom. The van der Waals surface area contributed by atoms with Gasteiger partial charge in [-0.25, -0.2) is 4.98 Å². The lowest BCUT2D eigenvalue weighted by Gasteiger charge is -2.19. The van der Waals surface area contributed by atoms with Crippen molar-refractivity contribution in [1.29, 1.82) is 0 Å². The molecule has 0 bridgehead atoms. The smallest absolute Gasteiger partial charge is 0.184 e. The topological polar surface area (TPSA) is 85.4 Å². The highest BCUT2D eigenvalue weighted by molar-refractivity contribution is 7.99. The molecule has 7 heteroatoms. The van der Waals surface area contributed by atoms with Crippen LogP contribution in [0.2, 0.25) is 0 Å². The zero-order valence-corrected chi connectivity index (χ0v) is 10.7. The maximum atomic E-state index is 6.16. The van der Waals surface area contributed by atoms with Crippen LogP contribution in [0, 0.1) is 0 Å². The van der Waals surface area contributed by atoms with Crippen LogP contribution in [-0.2, 0) is 7.05 Å². The molecule has 2 atom stereocenters. The Bertz CT molecular complexity index is 451. The predicted molar refractivity (Wildman–Crippen MR) is 66.5 cm³/mol. The van der Waals surface area contributed by atoms with Crippen molar-refractivity contribution in [3.05, 3.63) is 24.3 Å². The van der Waals surface area contributed by atoms with Crippen LogP contribution >= 0.6 is 11.8 Å². The minimum absolute atomic E-state index is 0.0642. The minimum atomic E-state index is 0.0642. The van der Waals surface area contributed by atoms with Crippen molar-refractivity contribution in [2.24, 2.45) is 12.8 Å². The molecule has 2 aromatic rings. The van der Waals surface area contributed by atoms with E-state index in [1.54, 1.807) is 16.4 Å². The molecule has 17 heavy (non-hydrogen) atoms. The maximum absolute atomic E-state index is 6.16. The van der Waals surface area contributed by atoms with Gasteiger partial charge in [-0.15, -0.1) is 0 Å². The third-order valence-electron chi connectivity index (χ3n) is 2.55. The van der Waals surface area contributed by atoms with E-state index in [1.807, 2.05) is 19.4 Å². The predicted octanol–water partition coefficient (Wildman–Crippen LogP) is 1.11. The Balaban J connectivity index is 2.19. The summed E-state index contributed by atoms with van der Waals surface area (Å²) in [6.07, 6.45) is 6.24. The summed E-state index contributed by atoms with van der Waals surface area (Å²) in [6, 6.07) is 0.0642. The van der Waals surface area contributed by atoms with Crippen molar-refractivity contribution in [3.8, 4) is 0 Å². The van der Waals surface area contributed by atoms with Gasteiger partial charge < -0.3 is 5.73 Å². The second-order valence-electron chi connectivity index (χ2n) is 3.85. The molecule has 2 heterocycles. The number of rotatable bonds is 5. The molecule has 0 saturated carbocycles. The number of hydrogen-bond donors (Lipinski definition) is 2. The highest BCUT2D eigenvalue weighted by Gasteiger charge is 2.22. The first kappa shape index (κ1) is 12.1. The van der Waals surface area contributed by atoms with Gasteiger partial charge in [0.15, 0.2) is 5.16 Å². The summed E-state index contributed by atoms with van der Waals surface area (Å²) >= 11 is 1.59. The molecule has 0 spiro atoms. The number of hydrogen-bond acceptors (Lipinski definition) is 5. The number of aromatic amines is 1. The molecule has 2 rings (SSSR count). The number of nitrogens with one attached hydrogen (secondary N) is 1. The number of H-pyrrole nitrogens is 1. The molecule has 0 amide bonds. The van der Waals surface area contributed by atoms with Gasteiger partial charge in [-0.2, -0.15) is 10.2 Å². The first-order chi connectivity index (χ1) is 8.20. The number of thioether (sulfide) groups is 1. The summed E-state index contributed by atoms with van der Waals surface area (Å²) in [5, 5.41) is 11.8. The quantitative estimate of drug-likeness (QED) is 0.779. The highest BCUT2D eigenvalue weighted by atomic mass is 32.2. The van der Waals surface area contributed by atoms with Crippen LogP contribution in [0.15, 0.2) is 23.9 Å². The summed E-state index contributed by atoms with van der Waals surface area (Å²) in [6.45, 7) is 2.08. The average molecular weight is 252 g/mol. The van der Waals surface area contributed by atoms with E-state index in [1.165, 1.54) is 6.33 Å². The molecule has 92 valence electrons. The number of aromatic nitrogens is 5. The SMILES string of the molecule is CCC(N)C(Sc1ncn[nH]1)c1cnn(C)c1. The van der Waals surface area contributed by atoms with Gasteiger partial charge in [0.25, 0.3) is 0 Å². The summed E-state index contributed by atoms with van der Waals surface area (Å²) in [5.74, 6) is 0. The Kier molecular flexibility index (Phi) is 3.80. The lowest BCUT2D eigenvalue weighted by Crippen LogP contribution is -2.25. The normalized spacial score (nSPS) is 14.8. The fourth-order valence-electron chi connectivity index (χ4n) is 1.58. The average Bonchev–Trinajstić information content (AvgIpc) is 2.96. The summed E-state index contributed by atoms with van der Waals surface area (Å²) in [7, 11) is 1.90. The van der Waals surface area contributed by atoms with Crippen LogP contribution in [0.4, 0.5) is 0 Å². The standard InChI is InChI=1S/C10H16N6S/c1-3-8(11)9(7-4-14-16(2)5-7)17-10-12-6-13-15-10/h4-6,8-9H,3,11H2,1-2H3,(H,12,13,15). The molecular weight excluding hydrogens is 236 g/mol. The Morgan fingerprint density at radius 1 is 1.59 bits per heavy atom. The molecule has 0 saturated heterocycles. The van der Waals surface area contributed by atoms with Crippen LogP contribution in [0.3, 0.4) is 0 Å². The van der Waals surface area contributed by atoms with Crippen LogP contribution in [0.25, 0.3) is 0 Å². The van der Waals surface area contributed by atoms with Crippen LogP contribution in [-0.4, -0.2) is 31.0 Å². The summed E-state index contributed by atoms with van der Waals surface area (Å²) < 4.78 is 1.78. The van der Waals surface area contributed by atoms with Crippen molar-refractivity contribution in [1.82, 2.24) is 25.0 Å². The molecule has 0 aliphatic rings. The van der Waals surface area contributed by atoms with E-state index in [0.29, 0.717) is 0 Å². The molecule has 0 radical (unpaired) electrons. The molecule has 0 aliphatic heterocycles. The zero-order chi connectivity index (χ0) is 12.3. The highest BCUT2D eigenvalue weighted by Crippen LogP contribution is 2.35. The third kappa shape index (κ3) is 2.86. The van der Waals surface area contributed by atoms with Crippen LogP contribution in [0.1, 0.15) is 24.2 Å². The van der Waals surface area contributed by atoms with Gasteiger partial charge in [0, 0.05) is 24.8 Å². The monoisotopic (exact) mass is 252 g/mol. The van der Waals surface area contributed by atoms with Gasteiger partial charge >= 0.3 is 0 Å². The minimum Gasteiger partial charge on any atom is -0.326 e. The van der Waals surface area contributed by atoms with Crippen molar-refractivity contribution < 1.29 is 0 Å². The van der Waals surface area contributed by atoms with E-state index in [0.717, 1.165) is 17.1 Å². The second kappa shape index (κ2) is 5.33. The van der Waals surface area contributed by atoms with E-state index >= 15 is 0 Å². The van der Waals surface area contributed by atoms with Crippen molar-refractivity contribution in [2.45, 2.75) is 29.8 Å². The fourth-order valence-corrected chi connectivity index (χ4v) is 2.65. The lowest BCUT2D eigenvalue weighted by atomic mass is 10.1. The van der Waals surface area contributed by atoms with Crippen molar-refractivity contribution in [2.75, 3.05) is 0 Å². The van der Waals surface area contributed by atoms with Gasteiger partial charge in [-0.1, -0.05) is 18.7 Å². The molecule has 6 nitrogen and oxygen atoms in total. The van der Waals surface area contributed by atoms with Gasteiger partial charge in [0.1, 0.15) is 6.33 Å². The van der Waals surface area contributed by atoms with E-state index in [2.05, 4.69) is 27.2 Å². The molecule has 0 aliphatic carbocycles. The van der Waals surface area contributed by atoms with Crippen molar-refractivity contribution in [3.63, 3.8) is 0 Å². The largest absolute Gasteiger partial charge is 0.326 e. The zero-order valence-electron chi connectivity index (χ0n) is 9.87. The molecule has 0 aromatic carbocycles. The molecule has 3 N–H and O–H groups in total. The van der Waals surface area contributed by atoms with E-state index in [-0.39, 0.29) is 11.3 Å². The van der Waals surface area contributed by atoms with E-state index in [4.69, 9.17) is 5.73 Å². The number of aryl methyl sites for hydroxylation is 1. The summed E-state index contributed by atoms with van der Waals surface area (Å²) in [4.78, 5) is 4.12. The molecule has 2 unspecified atom stereocenters. The van der Waals surface area contributed by atoms with Gasteiger partial charge in [0.2, 0.25) is 0 Å². The van der Waals surface area contributed by atoms with Gasteiger partial charge in [0.05, 0.1) is 11.4 Å². The van der Waals surface area contributed by atoms with Crippen LogP contribution in [0.5, 0.6) is 0 Å². The Hall–Kier alpha value is -1.34. The number of nitrogens with zero attached hydrogens (tertiary/aromatic N) is 4. The Labute approximate surface area is 104 Å². The number of nitrogens with two attached hydrogens (primary N) is 1. The van der Waals surface area contributed by atoms with Gasteiger partial charge in [-0.3, -0.25) is 9.78 Å². The van der Waals surface area contributed by atoms with Gasteiger partial charge in [-0.05, 0) is 6.42 Å². The van der Waals surface area contributed by atoms with Crippen molar-refractivity contribution >= 4 is 11.8 Å². The maximum Gasteiger partial charge on any atom is 0.184 e. The Morgan fingerprint density at radius 2 is 2.41 bits per heavy atom. The first-order valence-electron chi connectivity index (χ1n) is 5.47. The fraction of sp³-hybridized carbons (Fsp3) is 0.500. The third-order valence-corrected chi connectivity index (χ3v) is 3.84. The van der Waals surface area contributed by atoms with Crippen LogP contribution < -0.4 is 5.73 Å². The van der Waals surface area contributed by atoms with E-state index in [9.17, 15) is 0 Å². The molecular formula is C10H16N6S.